The number of nitrogens with zero attached hydrogens (tertiary/aromatic N) is 3. The highest BCUT2D eigenvalue weighted by Crippen LogP contribution is 2.43. The lowest BCUT2D eigenvalue weighted by molar-refractivity contribution is 0.627. The van der Waals surface area contributed by atoms with E-state index in [9.17, 15) is 4.39 Å². The summed E-state index contributed by atoms with van der Waals surface area (Å²) in [6.07, 6.45) is 0. The van der Waals surface area contributed by atoms with Crippen LogP contribution in [0, 0.1) is 19.7 Å². The predicted octanol–water partition coefficient (Wildman–Crippen LogP) is 13.6. The second-order valence-corrected chi connectivity index (χ2v) is 13.3. The monoisotopic (exact) mass is 673 g/mol. The summed E-state index contributed by atoms with van der Waals surface area (Å²) in [5.41, 5.74) is 12.0. The van der Waals surface area contributed by atoms with Gasteiger partial charge in [0.05, 0.1) is 11.0 Å². The molecule has 8 aromatic carbocycles. The number of hydrogen-bond donors (Lipinski definition) is 0. The van der Waals surface area contributed by atoms with Crippen molar-refractivity contribution in [3.8, 4) is 5.69 Å². The number of benzene rings is 8. The first kappa shape index (κ1) is 31.3. The topological polar surface area (TPSA) is 11.4 Å². The Hall–Kier alpha value is -6.65. The lowest BCUT2D eigenvalue weighted by atomic mass is 10.0. The molecule has 0 fully saturated rings. The maximum absolute atomic E-state index is 14.4. The van der Waals surface area contributed by atoms with E-state index >= 15 is 0 Å². The van der Waals surface area contributed by atoms with Crippen LogP contribution in [0.3, 0.4) is 0 Å². The highest BCUT2D eigenvalue weighted by molar-refractivity contribution is 6.14. The van der Waals surface area contributed by atoms with E-state index < -0.39 is 0 Å². The van der Waals surface area contributed by atoms with Gasteiger partial charge < -0.3 is 14.4 Å². The number of para-hydroxylation sites is 4. The molecule has 3 nitrogen and oxygen atoms in total. The third kappa shape index (κ3) is 5.46. The first-order chi connectivity index (χ1) is 25.5. The van der Waals surface area contributed by atoms with Gasteiger partial charge in [0.2, 0.25) is 0 Å². The van der Waals surface area contributed by atoms with Gasteiger partial charge in [-0.15, -0.1) is 0 Å². The van der Waals surface area contributed by atoms with Gasteiger partial charge in [-0.1, -0.05) is 84.9 Å². The van der Waals surface area contributed by atoms with E-state index in [2.05, 4.69) is 180 Å². The number of hydrogen-bond acceptors (Lipinski definition) is 2. The SMILES string of the molecule is Cc1ccccc1N(c1ccccc1)c1ccc2cc3c4ccc(N(c5ccccc5)c5ccccc5C)cc4n(-c4ccc(F)cc4)c3cc2c1. The molecule has 4 heteroatoms. The lowest BCUT2D eigenvalue weighted by Crippen LogP contribution is -2.11. The summed E-state index contributed by atoms with van der Waals surface area (Å²) in [7, 11) is 0. The van der Waals surface area contributed by atoms with Gasteiger partial charge >= 0.3 is 0 Å². The molecule has 9 aromatic rings. The van der Waals surface area contributed by atoms with Gasteiger partial charge in [0.1, 0.15) is 5.82 Å². The first-order valence-corrected chi connectivity index (χ1v) is 17.6. The molecular formula is C48H36FN3. The number of anilines is 6. The van der Waals surface area contributed by atoms with Crippen molar-refractivity contribution in [1.82, 2.24) is 4.57 Å². The fraction of sp³-hybridized carbons (Fsp3) is 0.0417. The Bertz CT molecular complexity index is 2720. The van der Waals surface area contributed by atoms with Gasteiger partial charge in [0.25, 0.3) is 0 Å². The maximum atomic E-state index is 14.4. The van der Waals surface area contributed by atoms with Crippen LogP contribution in [-0.2, 0) is 0 Å². The van der Waals surface area contributed by atoms with Crippen molar-refractivity contribution in [2.75, 3.05) is 9.80 Å². The highest BCUT2D eigenvalue weighted by Gasteiger charge is 2.20. The van der Waals surface area contributed by atoms with E-state index in [1.807, 2.05) is 18.2 Å². The Morgan fingerprint density at radius 1 is 0.404 bits per heavy atom. The molecule has 1 aromatic heterocycles. The zero-order valence-corrected chi connectivity index (χ0v) is 29.0. The Kier molecular flexibility index (Phi) is 7.78. The van der Waals surface area contributed by atoms with Crippen LogP contribution in [0.25, 0.3) is 38.3 Å². The second-order valence-electron chi connectivity index (χ2n) is 13.3. The molecule has 0 atom stereocenters. The minimum Gasteiger partial charge on any atom is -0.310 e. The van der Waals surface area contributed by atoms with Gasteiger partial charge in [0, 0.05) is 50.6 Å². The summed E-state index contributed by atoms with van der Waals surface area (Å²) in [6.45, 7) is 4.31. The molecule has 9 rings (SSSR count). The maximum Gasteiger partial charge on any atom is 0.123 e. The highest BCUT2D eigenvalue weighted by atomic mass is 19.1. The average Bonchev–Trinajstić information content (AvgIpc) is 3.49. The third-order valence-electron chi connectivity index (χ3n) is 10.0. The fourth-order valence-corrected chi connectivity index (χ4v) is 7.52. The Morgan fingerprint density at radius 2 is 0.923 bits per heavy atom. The standard InChI is InChI=1S/C48H36FN3/c1-33-13-9-11-19-45(33)50(38-15-5-3-6-16-38)41-24-21-35-30-44-43-28-27-42(51(39-17-7-4-8-18-39)46-20-12-10-14-34(46)2)32-48(43)52(47(44)31-36(35)29-41)40-25-22-37(49)23-26-40/h3-32H,1-2H3. The van der Waals surface area contributed by atoms with Gasteiger partial charge in [-0.05, 0) is 133 Å². The van der Waals surface area contributed by atoms with Crippen molar-refractivity contribution in [3.05, 3.63) is 199 Å². The van der Waals surface area contributed by atoms with Crippen molar-refractivity contribution in [1.29, 1.82) is 0 Å². The number of halogens is 1. The Labute approximate surface area is 303 Å². The zero-order chi connectivity index (χ0) is 35.2. The molecule has 1 heterocycles. The van der Waals surface area contributed by atoms with E-state index in [1.54, 1.807) is 12.1 Å². The summed E-state index contributed by atoms with van der Waals surface area (Å²) in [6, 6.07) is 62.8. The Balaban J connectivity index is 1.29. The zero-order valence-electron chi connectivity index (χ0n) is 29.0. The van der Waals surface area contributed by atoms with E-state index in [4.69, 9.17) is 0 Å². The lowest BCUT2D eigenvalue weighted by Gasteiger charge is -2.27. The van der Waals surface area contributed by atoms with Crippen molar-refractivity contribution < 1.29 is 4.39 Å². The normalized spacial score (nSPS) is 11.4. The van der Waals surface area contributed by atoms with E-state index in [0.717, 1.165) is 72.4 Å². The van der Waals surface area contributed by atoms with Crippen LogP contribution in [0.1, 0.15) is 11.1 Å². The molecule has 52 heavy (non-hydrogen) atoms. The van der Waals surface area contributed by atoms with Crippen molar-refractivity contribution in [3.63, 3.8) is 0 Å². The van der Waals surface area contributed by atoms with Gasteiger partial charge in [-0.3, -0.25) is 0 Å². The number of rotatable bonds is 7. The van der Waals surface area contributed by atoms with Crippen molar-refractivity contribution in [2.24, 2.45) is 0 Å². The third-order valence-corrected chi connectivity index (χ3v) is 10.0. The van der Waals surface area contributed by atoms with E-state index in [0.29, 0.717) is 0 Å². The van der Waals surface area contributed by atoms with Crippen molar-refractivity contribution in [2.45, 2.75) is 13.8 Å². The van der Waals surface area contributed by atoms with Crippen LogP contribution in [0.2, 0.25) is 0 Å². The van der Waals surface area contributed by atoms with Crippen LogP contribution in [0.15, 0.2) is 182 Å². The quantitative estimate of drug-likeness (QED) is 0.167. The molecule has 0 aliphatic heterocycles. The van der Waals surface area contributed by atoms with Crippen LogP contribution in [0.5, 0.6) is 0 Å². The smallest absolute Gasteiger partial charge is 0.123 e. The number of aryl methyl sites for hydroxylation is 2. The van der Waals surface area contributed by atoms with E-state index in [-0.39, 0.29) is 5.82 Å². The second kappa shape index (κ2) is 12.9. The summed E-state index contributed by atoms with van der Waals surface area (Å²) < 4.78 is 16.6. The molecule has 0 spiro atoms. The molecule has 250 valence electrons. The molecule has 0 bridgehead atoms. The summed E-state index contributed by atoms with van der Waals surface area (Å²) in [5.74, 6) is -0.257. The molecule has 0 aliphatic carbocycles. The molecule has 0 unspecified atom stereocenters. The molecule has 0 radical (unpaired) electrons. The van der Waals surface area contributed by atoms with Crippen molar-refractivity contribution >= 4 is 66.7 Å². The van der Waals surface area contributed by atoms with Gasteiger partial charge in [0.15, 0.2) is 0 Å². The Morgan fingerprint density at radius 3 is 1.52 bits per heavy atom. The van der Waals surface area contributed by atoms with Gasteiger partial charge in [-0.25, -0.2) is 4.39 Å². The van der Waals surface area contributed by atoms with Crippen LogP contribution in [-0.4, -0.2) is 4.57 Å². The van der Waals surface area contributed by atoms with Crippen LogP contribution in [0.4, 0.5) is 38.5 Å². The predicted molar refractivity (Wildman–Crippen MR) is 217 cm³/mol. The molecule has 0 saturated carbocycles. The van der Waals surface area contributed by atoms with Gasteiger partial charge in [-0.2, -0.15) is 0 Å². The fourth-order valence-electron chi connectivity index (χ4n) is 7.52. The molecule has 0 saturated heterocycles. The minimum absolute atomic E-state index is 0.257. The summed E-state index contributed by atoms with van der Waals surface area (Å²) in [4.78, 5) is 4.64. The van der Waals surface area contributed by atoms with Crippen LogP contribution < -0.4 is 9.80 Å². The average molecular weight is 674 g/mol. The largest absolute Gasteiger partial charge is 0.310 e. The summed E-state index contributed by atoms with van der Waals surface area (Å²) in [5, 5.41) is 4.56. The first-order valence-electron chi connectivity index (χ1n) is 17.6. The molecule has 0 N–H and O–H groups in total. The number of fused-ring (bicyclic) bond motifs is 4. The van der Waals surface area contributed by atoms with Crippen LogP contribution >= 0.6 is 0 Å². The molecule has 0 amide bonds. The number of aromatic nitrogens is 1. The molecular weight excluding hydrogens is 638 g/mol. The minimum atomic E-state index is -0.257. The summed E-state index contributed by atoms with van der Waals surface area (Å²) >= 11 is 0. The molecule has 0 aliphatic rings. The van der Waals surface area contributed by atoms with E-state index in [1.165, 1.54) is 11.1 Å².